The van der Waals surface area contributed by atoms with Gasteiger partial charge in [0.2, 0.25) is 0 Å². The molecule has 0 amide bonds. The molecule has 0 aliphatic rings. The van der Waals surface area contributed by atoms with E-state index in [0.717, 1.165) is 0 Å². The van der Waals surface area contributed by atoms with Crippen LogP contribution in [0.2, 0.25) is 0 Å². The van der Waals surface area contributed by atoms with Crippen molar-refractivity contribution in [1.82, 2.24) is 0 Å². The van der Waals surface area contributed by atoms with Crippen molar-refractivity contribution in [2.75, 3.05) is 0 Å². The van der Waals surface area contributed by atoms with Crippen molar-refractivity contribution in [3.63, 3.8) is 0 Å². The van der Waals surface area contributed by atoms with Crippen molar-refractivity contribution < 1.29 is 30.8 Å². The number of halogens is 5. The molecule has 0 aliphatic heterocycles. The lowest BCUT2D eigenvalue weighted by molar-refractivity contribution is -0.282. The molecule has 80 valence electrons. The minimum Gasteiger partial charge on any atom is -0.399 e. The van der Waals surface area contributed by atoms with Crippen molar-refractivity contribution in [2.24, 2.45) is 0 Å². The molecule has 0 N–H and O–H groups in total. The average Bonchev–Trinajstić information content (AvgIpc) is 2.31. The molecule has 14 heavy (non-hydrogen) atoms. The maximum Gasteiger partial charge on any atom is 0.518 e. The molecule has 8 heteroatoms. The van der Waals surface area contributed by atoms with Crippen LogP contribution in [0.4, 0.5) is 22.0 Å². The van der Waals surface area contributed by atoms with E-state index in [1.165, 1.54) is 0 Å². The van der Waals surface area contributed by atoms with Gasteiger partial charge in [0.1, 0.15) is 6.26 Å². The highest BCUT2D eigenvalue weighted by Gasteiger charge is 2.57. The first-order valence-electron chi connectivity index (χ1n) is 3.24. The zero-order valence-electron chi connectivity index (χ0n) is 6.40. The van der Waals surface area contributed by atoms with Gasteiger partial charge in [-0.3, -0.25) is 0 Å². The van der Waals surface area contributed by atoms with Crippen LogP contribution in [0.1, 0.15) is 5.76 Å². The summed E-state index contributed by atoms with van der Waals surface area (Å²) in [5.41, 5.74) is 0. The van der Waals surface area contributed by atoms with E-state index in [1.807, 2.05) is 0 Å². The molecule has 0 radical (unpaired) electrons. The van der Waals surface area contributed by atoms with E-state index in [-0.39, 0.29) is 0 Å². The Morgan fingerprint density at radius 1 is 1.21 bits per heavy atom. The van der Waals surface area contributed by atoms with Crippen LogP contribution in [0.15, 0.2) is 19.9 Å². The van der Waals surface area contributed by atoms with Gasteiger partial charge in [0, 0.05) is 0 Å². The number of alkyl halides is 5. The second kappa shape index (κ2) is 3.10. The molecule has 1 aromatic rings. The molecular formula is C6H3F5O3. The Morgan fingerprint density at radius 3 is 2.14 bits per heavy atom. The quantitative estimate of drug-likeness (QED) is 0.712. The molecule has 0 aliphatic carbocycles. The molecule has 0 saturated heterocycles. The molecular weight excluding hydrogens is 215 g/mol. The first-order valence-corrected chi connectivity index (χ1v) is 3.24. The van der Waals surface area contributed by atoms with Gasteiger partial charge in [0.05, 0.1) is 6.42 Å². The van der Waals surface area contributed by atoms with Crippen LogP contribution in [0.3, 0.4) is 0 Å². The van der Waals surface area contributed by atoms with Crippen LogP contribution in [-0.4, -0.2) is 12.1 Å². The third-order valence-corrected chi connectivity index (χ3v) is 1.31. The Balaban J connectivity index is 2.83. The van der Waals surface area contributed by atoms with Crippen molar-refractivity contribution in [3.8, 4) is 0 Å². The van der Waals surface area contributed by atoms with Gasteiger partial charge in [-0.05, 0) is 0 Å². The predicted molar refractivity (Wildman–Crippen MR) is 31.9 cm³/mol. The molecule has 0 atom stereocenters. The normalized spacial score (nSPS) is 13.2. The zero-order valence-corrected chi connectivity index (χ0v) is 6.40. The lowest BCUT2D eigenvalue weighted by Crippen LogP contribution is -2.38. The summed E-state index contributed by atoms with van der Waals surface area (Å²) in [7, 11) is 0. The van der Waals surface area contributed by atoms with Crippen LogP contribution in [0, 0.1) is 0 Å². The molecule has 0 fully saturated rings. The van der Waals surface area contributed by atoms with Crippen LogP contribution in [0.25, 0.3) is 0 Å². The maximum atomic E-state index is 12.3. The summed E-state index contributed by atoms with van der Waals surface area (Å²) in [5, 5.41) is 0. The first-order chi connectivity index (χ1) is 6.22. The van der Waals surface area contributed by atoms with E-state index >= 15 is 0 Å². The summed E-state index contributed by atoms with van der Waals surface area (Å²) in [6.07, 6.45) is -7.01. The van der Waals surface area contributed by atoms with E-state index in [4.69, 9.17) is 0 Å². The summed E-state index contributed by atoms with van der Waals surface area (Å²) in [5.74, 6) is -7.11. The molecule has 3 nitrogen and oxygen atoms in total. The lowest BCUT2D eigenvalue weighted by atomic mass is 10.2. The minimum atomic E-state index is -5.68. The van der Waals surface area contributed by atoms with Gasteiger partial charge in [-0.25, -0.2) is 4.79 Å². The van der Waals surface area contributed by atoms with E-state index in [1.54, 1.807) is 0 Å². The van der Waals surface area contributed by atoms with Gasteiger partial charge in [-0.15, -0.1) is 0 Å². The van der Waals surface area contributed by atoms with Crippen molar-refractivity contribution in [3.05, 3.63) is 22.6 Å². The molecule has 0 unspecified atom stereocenters. The van der Waals surface area contributed by atoms with Crippen molar-refractivity contribution in [1.29, 1.82) is 0 Å². The highest BCUT2D eigenvalue weighted by Crippen LogP contribution is 2.37. The molecule has 0 bridgehead atoms. The molecule has 0 spiro atoms. The summed E-state index contributed by atoms with van der Waals surface area (Å²) in [6, 6.07) is 0. The molecule has 0 saturated carbocycles. The average molecular weight is 218 g/mol. The Kier molecular flexibility index (Phi) is 2.38. The van der Waals surface area contributed by atoms with Gasteiger partial charge in [0.25, 0.3) is 0 Å². The number of rotatable bonds is 2. The van der Waals surface area contributed by atoms with Crippen LogP contribution >= 0.6 is 0 Å². The summed E-state index contributed by atoms with van der Waals surface area (Å²) in [4.78, 5) is 10.2. The van der Waals surface area contributed by atoms with Crippen LogP contribution < -0.4 is 5.82 Å². The molecule has 1 aromatic heterocycles. The largest absolute Gasteiger partial charge is 0.518 e. The minimum absolute atomic E-state index is 0.419. The smallest absolute Gasteiger partial charge is 0.399 e. The zero-order chi connectivity index (χ0) is 11.0. The fourth-order valence-corrected chi connectivity index (χ4v) is 0.666. The molecule has 0 aromatic carbocycles. The molecule has 1 rings (SSSR count). The number of hydrogen-bond acceptors (Lipinski definition) is 3. The molecule has 1 heterocycles. The van der Waals surface area contributed by atoms with E-state index in [0.29, 0.717) is 6.26 Å². The summed E-state index contributed by atoms with van der Waals surface area (Å²) in [6.45, 7) is 0. The SMILES string of the molecule is O=c1occ(CC(F)(F)C(F)(F)F)o1. The third-order valence-electron chi connectivity index (χ3n) is 1.31. The second-order valence-electron chi connectivity index (χ2n) is 2.43. The second-order valence-corrected chi connectivity index (χ2v) is 2.43. The van der Waals surface area contributed by atoms with Crippen LogP contribution in [0.5, 0.6) is 0 Å². The van der Waals surface area contributed by atoms with Gasteiger partial charge >= 0.3 is 17.9 Å². The highest BCUT2D eigenvalue weighted by molar-refractivity contribution is 4.94. The van der Waals surface area contributed by atoms with Gasteiger partial charge in [-0.1, -0.05) is 0 Å². The Labute approximate surface area is 73.1 Å². The Morgan fingerprint density at radius 2 is 1.79 bits per heavy atom. The maximum absolute atomic E-state index is 12.3. The van der Waals surface area contributed by atoms with Crippen molar-refractivity contribution in [2.45, 2.75) is 18.5 Å². The standard InChI is InChI=1S/C6H3F5O3/c7-5(8,6(9,10)11)1-3-2-13-4(12)14-3/h2H,1H2. The Hall–Kier alpha value is -1.34. The fraction of sp³-hybridized carbons (Fsp3) is 0.500. The number of hydrogen-bond donors (Lipinski definition) is 0. The summed E-state index contributed by atoms with van der Waals surface area (Å²) >= 11 is 0. The summed E-state index contributed by atoms with van der Waals surface area (Å²) < 4.78 is 67.3. The van der Waals surface area contributed by atoms with E-state index in [2.05, 4.69) is 8.83 Å². The predicted octanol–water partition coefficient (Wildman–Crippen LogP) is 1.97. The van der Waals surface area contributed by atoms with Gasteiger partial charge < -0.3 is 8.83 Å². The van der Waals surface area contributed by atoms with Gasteiger partial charge in [-0.2, -0.15) is 22.0 Å². The third kappa shape index (κ3) is 2.12. The van der Waals surface area contributed by atoms with Crippen molar-refractivity contribution >= 4 is 0 Å². The monoisotopic (exact) mass is 218 g/mol. The van der Waals surface area contributed by atoms with Gasteiger partial charge in [0.15, 0.2) is 5.76 Å². The van der Waals surface area contributed by atoms with E-state index in [9.17, 15) is 26.7 Å². The van der Waals surface area contributed by atoms with E-state index < -0.39 is 30.1 Å². The topological polar surface area (TPSA) is 43.4 Å². The Bertz CT molecular complexity index is 360. The first kappa shape index (κ1) is 10.7. The lowest BCUT2D eigenvalue weighted by Gasteiger charge is -2.17. The highest BCUT2D eigenvalue weighted by atomic mass is 19.4. The fourth-order valence-electron chi connectivity index (χ4n) is 0.666. The van der Waals surface area contributed by atoms with Crippen LogP contribution in [-0.2, 0) is 6.42 Å².